The van der Waals surface area contributed by atoms with Crippen molar-refractivity contribution >= 4 is 17.3 Å². The number of carbonyl (C=O) groups excluding carboxylic acids is 1. The molecule has 5 heteroatoms. The van der Waals surface area contributed by atoms with Crippen molar-refractivity contribution in [3.8, 4) is 11.5 Å². The van der Waals surface area contributed by atoms with Crippen LogP contribution in [0.5, 0.6) is 11.5 Å². The van der Waals surface area contributed by atoms with Crippen LogP contribution in [-0.4, -0.2) is 22.2 Å². The van der Waals surface area contributed by atoms with E-state index < -0.39 is 0 Å². The van der Waals surface area contributed by atoms with E-state index in [0.29, 0.717) is 11.3 Å². The zero-order valence-electron chi connectivity index (χ0n) is 11.6. The third kappa shape index (κ3) is 2.16. The summed E-state index contributed by atoms with van der Waals surface area (Å²) >= 11 is 0. The molecule has 1 heterocycles. The van der Waals surface area contributed by atoms with Crippen molar-refractivity contribution < 1.29 is 15.0 Å². The van der Waals surface area contributed by atoms with Crippen molar-refractivity contribution in [2.45, 2.75) is 19.4 Å². The van der Waals surface area contributed by atoms with Crippen LogP contribution in [0.2, 0.25) is 0 Å². The van der Waals surface area contributed by atoms with E-state index in [1.807, 2.05) is 19.1 Å². The lowest BCUT2D eigenvalue weighted by Gasteiger charge is -2.23. The van der Waals surface area contributed by atoms with E-state index in [2.05, 4.69) is 0 Å². The number of nitrogens with zero attached hydrogens (tertiary/aromatic N) is 1. The van der Waals surface area contributed by atoms with E-state index in [1.54, 1.807) is 11.0 Å². The largest absolute Gasteiger partial charge is 0.504 e. The first-order valence-electron chi connectivity index (χ1n) is 6.71. The van der Waals surface area contributed by atoms with Crippen molar-refractivity contribution in [1.29, 1.82) is 0 Å². The minimum Gasteiger partial charge on any atom is -0.504 e. The summed E-state index contributed by atoms with van der Waals surface area (Å²) in [4.78, 5) is 14.4. The summed E-state index contributed by atoms with van der Waals surface area (Å²) < 4.78 is 0. The lowest BCUT2D eigenvalue weighted by Crippen LogP contribution is -2.35. The molecule has 0 spiro atoms. The topological polar surface area (TPSA) is 86.8 Å². The van der Waals surface area contributed by atoms with Crippen LogP contribution in [0.15, 0.2) is 36.4 Å². The fourth-order valence-corrected chi connectivity index (χ4v) is 2.76. The number of hydrogen-bond donors (Lipinski definition) is 3. The van der Waals surface area contributed by atoms with E-state index in [0.717, 1.165) is 17.7 Å². The summed E-state index contributed by atoms with van der Waals surface area (Å²) in [6.45, 7) is 1.97. The first-order chi connectivity index (χ1) is 9.97. The molecule has 0 radical (unpaired) electrons. The molecule has 5 nitrogen and oxygen atoms in total. The van der Waals surface area contributed by atoms with Gasteiger partial charge < -0.3 is 20.8 Å². The Morgan fingerprint density at radius 3 is 2.67 bits per heavy atom. The van der Waals surface area contributed by atoms with Gasteiger partial charge in [-0.05, 0) is 55.3 Å². The highest BCUT2D eigenvalue weighted by atomic mass is 16.3. The molecule has 21 heavy (non-hydrogen) atoms. The predicted molar refractivity (Wildman–Crippen MR) is 80.6 cm³/mol. The maximum Gasteiger partial charge on any atom is 0.258 e. The Labute approximate surface area is 122 Å². The Morgan fingerprint density at radius 1 is 1.19 bits per heavy atom. The van der Waals surface area contributed by atoms with Gasteiger partial charge in [0.2, 0.25) is 0 Å². The van der Waals surface area contributed by atoms with Crippen LogP contribution in [0.1, 0.15) is 22.8 Å². The molecular weight excluding hydrogens is 268 g/mol. The molecule has 2 aromatic rings. The van der Waals surface area contributed by atoms with Crippen LogP contribution in [0.4, 0.5) is 11.4 Å². The molecule has 1 unspecified atom stereocenters. The number of hydrogen-bond acceptors (Lipinski definition) is 4. The molecule has 1 amide bonds. The highest BCUT2D eigenvalue weighted by Gasteiger charge is 2.31. The highest BCUT2D eigenvalue weighted by Crippen LogP contribution is 2.35. The third-order valence-electron chi connectivity index (χ3n) is 3.76. The second-order valence-electron chi connectivity index (χ2n) is 5.32. The number of nitrogens with two attached hydrogens (primary N) is 1. The second-order valence-corrected chi connectivity index (χ2v) is 5.32. The van der Waals surface area contributed by atoms with Gasteiger partial charge in [-0.25, -0.2) is 0 Å². The Balaban J connectivity index is 2.00. The number of phenolic OH excluding ortho intramolecular Hbond substituents is 2. The Kier molecular flexibility index (Phi) is 2.97. The van der Waals surface area contributed by atoms with E-state index in [9.17, 15) is 15.0 Å². The lowest BCUT2D eigenvalue weighted by atomic mass is 10.1. The maximum atomic E-state index is 12.7. The standard InChI is InChI=1S/C16H16N2O3/c1-9-6-11-7-12(17)3-4-13(11)18(9)16(21)10-2-5-14(19)15(20)8-10/h2-5,7-9,19-20H,6,17H2,1H3. The summed E-state index contributed by atoms with van der Waals surface area (Å²) in [5, 5.41) is 18.9. The first kappa shape index (κ1) is 13.3. The Bertz CT molecular complexity index is 727. The number of carbonyl (C=O) groups is 1. The molecule has 1 aliphatic heterocycles. The number of amides is 1. The Morgan fingerprint density at radius 2 is 1.95 bits per heavy atom. The number of nitrogen functional groups attached to an aromatic ring is 1. The molecule has 0 saturated heterocycles. The van der Waals surface area contributed by atoms with Gasteiger partial charge in [-0.2, -0.15) is 0 Å². The maximum absolute atomic E-state index is 12.7. The van der Waals surface area contributed by atoms with Gasteiger partial charge in [-0.1, -0.05) is 0 Å². The van der Waals surface area contributed by atoms with Gasteiger partial charge in [-0.15, -0.1) is 0 Å². The minimum atomic E-state index is -0.301. The Hall–Kier alpha value is -2.69. The number of anilines is 2. The first-order valence-corrected chi connectivity index (χ1v) is 6.71. The zero-order chi connectivity index (χ0) is 15.1. The average Bonchev–Trinajstić information content (AvgIpc) is 2.76. The third-order valence-corrected chi connectivity index (χ3v) is 3.76. The van der Waals surface area contributed by atoms with Crippen LogP contribution >= 0.6 is 0 Å². The number of aromatic hydroxyl groups is 2. The molecular formula is C16H16N2O3. The molecule has 2 aromatic carbocycles. The summed E-state index contributed by atoms with van der Waals surface area (Å²) in [5.41, 5.74) is 8.68. The van der Waals surface area contributed by atoms with Crippen molar-refractivity contribution in [1.82, 2.24) is 0 Å². The van der Waals surface area contributed by atoms with E-state index in [4.69, 9.17) is 5.73 Å². The molecule has 3 rings (SSSR count). The molecule has 0 fully saturated rings. The average molecular weight is 284 g/mol. The summed E-state index contributed by atoms with van der Waals surface area (Å²) in [7, 11) is 0. The molecule has 0 saturated carbocycles. The van der Waals surface area contributed by atoms with Gasteiger partial charge in [0, 0.05) is 23.0 Å². The summed E-state index contributed by atoms with van der Waals surface area (Å²) in [6, 6.07) is 9.60. The fraction of sp³-hybridized carbons (Fsp3) is 0.188. The number of fused-ring (bicyclic) bond motifs is 1. The van der Waals surface area contributed by atoms with Gasteiger partial charge in [0.15, 0.2) is 11.5 Å². The number of phenols is 2. The van der Waals surface area contributed by atoms with E-state index >= 15 is 0 Å². The minimum absolute atomic E-state index is 0.0187. The van der Waals surface area contributed by atoms with Gasteiger partial charge in [0.05, 0.1) is 0 Å². The molecule has 0 bridgehead atoms. The van der Waals surface area contributed by atoms with Crippen LogP contribution in [0, 0.1) is 0 Å². The lowest BCUT2D eigenvalue weighted by molar-refractivity contribution is 0.0981. The zero-order valence-corrected chi connectivity index (χ0v) is 11.6. The second kappa shape index (κ2) is 4.70. The molecule has 0 aromatic heterocycles. The van der Waals surface area contributed by atoms with Crippen molar-refractivity contribution in [2.75, 3.05) is 10.6 Å². The highest BCUT2D eigenvalue weighted by molar-refractivity contribution is 6.08. The molecule has 4 N–H and O–H groups in total. The smallest absolute Gasteiger partial charge is 0.258 e. The molecule has 1 atom stereocenters. The monoisotopic (exact) mass is 284 g/mol. The summed E-state index contributed by atoms with van der Waals surface area (Å²) in [5.74, 6) is -0.749. The number of rotatable bonds is 1. The van der Waals surface area contributed by atoms with Crippen molar-refractivity contribution in [3.63, 3.8) is 0 Å². The van der Waals surface area contributed by atoms with E-state index in [1.165, 1.54) is 18.2 Å². The van der Waals surface area contributed by atoms with Gasteiger partial charge in [-0.3, -0.25) is 4.79 Å². The molecule has 1 aliphatic rings. The van der Waals surface area contributed by atoms with Crippen LogP contribution in [0.25, 0.3) is 0 Å². The quantitative estimate of drug-likeness (QED) is 0.554. The van der Waals surface area contributed by atoms with Crippen molar-refractivity contribution in [2.24, 2.45) is 0 Å². The number of benzene rings is 2. The predicted octanol–water partition coefficient (Wildman–Crippen LogP) is 2.27. The van der Waals surface area contributed by atoms with Crippen LogP contribution in [0.3, 0.4) is 0 Å². The van der Waals surface area contributed by atoms with Crippen LogP contribution in [-0.2, 0) is 6.42 Å². The van der Waals surface area contributed by atoms with Gasteiger partial charge in [0.1, 0.15) is 0 Å². The SMILES string of the molecule is CC1Cc2cc(N)ccc2N1C(=O)c1ccc(O)c(O)c1. The fourth-order valence-electron chi connectivity index (χ4n) is 2.76. The van der Waals surface area contributed by atoms with Crippen molar-refractivity contribution in [3.05, 3.63) is 47.5 Å². The molecule has 0 aliphatic carbocycles. The summed E-state index contributed by atoms with van der Waals surface area (Å²) in [6.07, 6.45) is 0.746. The normalized spacial score (nSPS) is 16.8. The van der Waals surface area contributed by atoms with E-state index in [-0.39, 0.29) is 23.4 Å². The molecule has 108 valence electrons. The van der Waals surface area contributed by atoms with Crippen LogP contribution < -0.4 is 10.6 Å². The van der Waals surface area contributed by atoms with Gasteiger partial charge in [0.25, 0.3) is 5.91 Å². The van der Waals surface area contributed by atoms with Gasteiger partial charge >= 0.3 is 0 Å².